The van der Waals surface area contributed by atoms with Crippen LogP contribution in [0.3, 0.4) is 0 Å². The van der Waals surface area contributed by atoms with Crippen LogP contribution in [0.2, 0.25) is 0 Å². The Morgan fingerprint density at radius 2 is 1.95 bits per heavy atom. The summed E-state index contributed by atoms with van der Waals surface area (Å²) in [6.07, 6.45) is 3.11. The highest BCUT2D eigenvalue weighted by Crippen LogP contribution is 2.20. The molecule has 0 aliphatic carbocycles. The molecule has 0 fully saturated rings. The Labute approximate surface area is 117 Å². The standard InChI is InChI=1S/C15H15N3O2/c1-10-5-6-13(8-14(10)17-11(2)19)18-15(20)12-4-3-7-16-9-12/h3-9H,1-2H3,(H,17,19)(H,18,20). The van der Waals surface area contributed by atoms with Crippen molar-refractivity contribution in [2.75, 3.05) is 10.6 Å². The van der Waals surface area contributed by atoms with E-state index >= 15 is 0 Å². The second-order valence-corrected chi connectivity index (χ2v) is 4.41. The Hall–Kier alpha value is -2.69. The largest absolute Gasteiger partial charge is 0.326 e. The van der Waals surface area contributed by atoms with Gasteiger partial charge >= 0.3 is 0 Å². The third-order valence-electron chi connectivity index (χ3n) is 2.73. The second-order valence-electron chi connectivity index (χ2n) is 4.41. The molecule has 2 amide bonds. The maximum absolute atomic E-state index is 12.0. The molecule has 0 aliphatic rings. The number of anilines is 2. The van der Waals surface area contributed by atoms with Crippen LogP contribution in [0.5, 0.6) is 0 Å². The lowest BCUT2D eigenvalue weighted by Gasteiger charge is -2.10. The lowest BCUT2D eigenvalue weighted by Crippen LogP contribution is -2.13. The van der Waals surface area contributed by atoms with Crippen molar-refractivity contribution in [3.8, 4) is 0 Å². The molecular weight excluding hydrogens is 254 g/mol. The molecule has 5 nitrogen and oxygen atoms in total. The highest BCUT2D eigenvalue weighted by Gasteiger charge is 2.07. The maximum Gasteiger partial charge on any atom is 0.257 e. The molecule has 102 valence electrons. The summed E-state index contributed by atoms with van der Waals surface area (Å²) in [5, 5.41) is 5.49. The van der Waals surface area contributed by atoms with E-state index in [4.69, 9.17) is 0 Å². The minimum Gasteiger partial charge on any atom is -0.326 e. The molecule has 0 atom stereocenters. The van der Waals surface area contributed by atoms with Crippen LogP contribution in [0.1, 0.15) is 22.8 Å². The molecule has 1 heterocycles. The normalized spacial score (nSPS) is 9.90. The Balaban J connectivity index is 2.18. The fourth-order valence-corrected chi connectivity index (χ4v) is 1.72. The zero-order chi connectivity index (χ0) is 14.5. The van der Waals surface area contributed by atoms with E-state index in [1.54, 1.807) is 30.5 Å². The van der Waals surface area contributed by atoms with Gasteiger partial charge < -0.3 is 10.6 Å². The first kappa shape index (κ1) is 13.7. The van der Waals surface area contributed by atoms with Gasteiger partial charge in [0, 0.05) is 30.7 Å². The molecule has 2 rings (SSSR count). The highest BCUT2D eigenvalue weighted by atomic mass is 16.2. The SMILES string of the molecule is CC(=O)Nc1cc(NC(=O)c2cccnc2)ccc1C. The zero-order valence-electron chi connectivity index (χ0n) is 11.3. The lowest BCUT2D eigenvalue weighted by atomic mass is 10.1. The van der Waals surface area contributed by atoms with E-state index in [0.717, 1.165) is 5.56 Å². The van der Waals surface area contributed by atoms with Crippen molar-refractivity contribution < 1.29 is 9.59 Å². The molecule has 0 spiro atoms. The van der Waals surface area contributed by atoms with Gasteiger partial charge in [0.25, 0.3) is 5.91 Å². The molecule has 5 heteroatoms. The first-order valence-electron chi connectivity index (χ1n) is 6.16. The number of hydrogen-bond acceptors (Lipinski definition) is 3. The molecule has 0 bridgehead atoms. The summed E-state index contributed by atoms with van der Waals surface area (Å²) in [6.45, 7) is 3.33. The van der Waals surface area contributed by atoms with Crippen LogP contribution < -0.4 is 10.6 Å². The molecule has 2 aromatic rings. The van der Waals surface area contributed by atoms with Crippen LogP contribution >= 0.6 is 0 Å². The predicted molar refractivity (Wildman–Crippen MR) is 77.7 cm³/mol. The van der Waals surface area contributed by atoms with Crippen molar-refractivity contribution >= 4 is 23.2 Å². The van der Waals surface area contributed by atoms with E-state index in [9.17, 15) is 9.59 Å². The highest BCUT2D eigenvalue weighted by molar-refractivity contribution is 6.04. The average Bonchev–Trinajstić information content (AvgIpc) is 2.43. The van der Waals surface area contributed by atoms with E-state index < -0.39 is 0 Å². The number of nitrogens with zero attached hydrogens (tertiary/aromatic N) is 1. The van der Waals surface area contributed by atoms with Crippen LogP contribution in [0.4, 0.5) is 11.4 Å². The molecular formula is C15H15N3O2. The van der Waals surface area contributed by atoms with Crippen LogP contribution in [-0.2, 0) is 4.79 Å². The van der Waals surface area contributed by atoms with Gasteiger partial charge in [-0.3, -0.25) is 14.6 Å². The first-order valence-corrected chi connectivity index (χ1v) is 6.16. The molecule has 0 saturated carbocycles. The van der Waals surface area contributed by atoms with Crippen LogP contribution in [0, 0.1) is 6.92 Å². The molecule has 1 aromatic heterocycles. The first-order chi connectivity index (χ1) is 9.56. The summed E-state index contributed by atoms with van der Waals surface area (Å²) in [7, 11) is 0. The number of benzene rings is 1. The molecule has 0 radical (unpaired) electrons. The van der Waals surface area contributed by atoms with Gasteiger partial charge in [-0.05, 0) is 36.8 Å². The predicted octanol–water partition coefficient (Wildman–Crippen LogP) is 2.60. The summed E-state index contributed by atoms with van der Waals surface area (Å²) in [6, 6.07) is 8.74. The fraction of sp³-hybridized carbons (Fsp3) is 0.133. The quantitative estimate of drug-likeness (QED) is 0.899. The fourth-order valence-electron chi connectivity index (χ4n) is 1.72. The molecule has 20 heavy (non-hydrogen) atoms. The van der Waals surface area contributed by atoms with Gasteiger partial charge in [-0.1, -0.05) is 6.07 Å². The van der Waals surface area contributed by atoms with Crippen LogP contribution in [0.15, 0.2) is 42.7 Å². The smallest absolute Gasteiger partial charge is 0.257 e. The van der Waals surface area contributed by atoms with E-state index in [1.165, 1.54) is 13.1 Å². The van der Waals surface area contributed by atoms with E-state index in [-0.39, 0.29) is 11.8 Å². The lowest BCUT2D eigenvalue weighted by molar-refractivity contribution is -0.114. The number of amides is 2. The molecule has 1 aromatic carbocycles. The number of rotatable bonds is 3. The Morgan fingerprint density at radius 1 is 1.15 bits per heavy atom. The molecule has 2 N–H and O–H groups in total. The number of carbonyl (C=O) groups excluding carboxylic acids is 2. The van der Waals surface area contributed by atoms with Gasteiger partial charge in [0.15, 0.2) is 0 Å². The molecule has 0 saturated heterocycles. The van der Waals surface area contributed by atoms with Crippen LogP contribution in [-0.4, -0.2) is 16.8 Å². The Morgan fingerprint density at radius 3 is 2.60 bits per heavy atom. The minimum absolute atomic E-state index is 0.149. The van der Waals surface area contributed by atoms with E-state index in [2.05, 4.69) is 15.6 Å². The zero-order valence-corrected chi connectivity index (χ0v) is 11.3. The van der Waals surface area contributed by atoms with Gasteiger partial charge in [-0.15, -0.1) is 0 Å². The topological polar surface area (TPSA) is 71.1 Å². The van der Waals surface area contributed by atoms with Gasteiger partial charge in [-0.2, -0.15) is 0 Å². The van der Waals surface area contributed by atoms with Crippen molar-refractivity contribution in [1.82, 2.24) is 4.98 Å². The number of hydrogen-bond donors (Lipinski definition) is 2. The van der Waals surface area contributed by atoms with Gasteiger partial charge in [0.2, 0.25) is 5.91 Å². The van der Waals surface area contributed by atoms with Gasteiger partial charge in [-0.25, -0.2) is 0 Å². The summed E-state index contributed by atoms with van der Waals surface area (Å²) in [5.74, 6) is -0.389. The summed E-state index contributed by atoms with van der Waals surface area (Å²) < 4.78 is 0. The van der Waals surface area contributed by atoms with Crippen molar-refractivity contribution in [2.24, 2.45) is 0 Å². The Bertz CT molecular complexity index is 639. The van der Waals surface area contributed by atoms with Gasteiger partial charge in [0.05, 0.1) is 5.56 Å². The monoisotopic (exact) mass is 269 g/mol. The molecule has 0 unspecified atom stereocenters. The summed E-state index contributed by atoms with van der Waals surface area (Å²) in [5.41, 5.74) is 2.71. The number of nitrogens with one attached hydrogen (secondary N) is 2. The van der Waals surface area contributed by atoms with Crippen molar-refractivity contribution in [3.63, 3.8) is 0 Å². The van der Waals surface area contributed by atoms with Gasteiger partial charge in [0.1, 0.15) is 0 Å². The summed E-state index contributed by atoms with van der Waals surface area (Å²) >= 11 is 0. The van der Waals surface area contributed by atoms with E-state index in [0.29, 0.717) is 16.9 Å². The maximum atomic E-state index is 12.0. The van der Waals surface area contributed by atoms with E-state index in [1.807, 2.05) is 13.0 Å². The number of aromatic nitrogens is 1. The molecule has 0 aliphatic heterocycles. The summed E-state index contributed by atoms with van der Waals surface area (Å²) in [4.78, 5) is 27.0. The average molecular weight is 269 g/mol. The van der Waals surface area contributed by atoms with Crippen molar-refractivity contribution in [3.05, 3.63) is 53.9 Å². The second kappa shape index (κ2) is 5.97. The third kappa shape index (κ3) is 3.41. The van der Waals surface area contributed by atoms with Crippen LogP contribution in [0.25, 0.3) is 0 Å². The number of pyridine rings is 1. The third-order valence-corrected chi connectivity index (χ3v) is 2.73. The van der Waals surface area contributed by atoms with Crippen molar-refractivity contribution in [1.29, 1.82) is 0 Å². The number of carbonyl (C=O) groups is 2. The Kier molecular flexibility index (Phi) is 4.10. The minimum atomic E-state index is -0.240. The van der Waals surface area contributed by atoms with Crippen molar-refractivity contribution in [2.45, 2.75) is 13.8 Å². The number of aryl methyl sites for hydroxylation is 1.